The van der Waals surface area contributed by atoms with E-state index in [0.29, 0.717) is 5.75 Å². The topological polar surface area (TPSA) is 51.2 Å². The largest absolute Gasteiger partial charge is 0.484 e. The highest BCUT2D eigenvalue weighted by atomic mass is 32.2. The van der Waals surface area contributed by atoms with Crippen LogP contribution in [0.25, 0.3) is 0 Å². The van der Waals surface area contributed by atoms with Gasteiger partial charge in [-0.05, 0) is 60.5 Å². The predicted molar refractivity (Wildman–Crippen MR) is 106 cm³/mol. The van der Waals surface area contributed by atoms with Crippen molar-refractivity contribution in [2.45, 2.75) is 17.6 Å². The molecule has 26 heavy (non-hydrogen) atoms. The van der Waals surface area contributed by atoms with Crippen molar-refractivity contribution >= 4 is 23.4 Å². The molecule has 0 aliphatic rings. The first-order chi connectivity index (χ1) is 12.7. The highest BCUT2D eigenvalue weighted by Gasteiger charge is 2.04. The normalized spacial score (nSPS) is 10.3. The summed E-state index contributed by atoms with van der Waals surface area (Å²) in [5, 5.41) is 2.84. The van der Waals surface area contributed by atoms with E-state index in [9.17, 15) is 4.79 Å². The second-order valence-electron chi connectivity index (χ2n) is 5.83. The Labute approximate surface area is 157 Å². The van der Waals surface area contributed by atoms with E-state index in [4.69, 9.17) is 4.74 Å². The summed E-state index contributed by atoms with van der Waals surface area (Å²) in [6, 6.07) is 19.4. The van der Waals surface area contributed by atoms with Gasteiger partial charge >= 0.3 is 0 Å². The number of nitrogens with zero attached hydrogens (tertiary/aromatic N) is 1. The van der Waals surface area contributed by atoms with Gasteiger partial charge in [0.25, 0.3) is 5.91 Å². The molecule has 0 atom stereocenters. The van der Waals surface area contributed by atoms with Crippen LogP contribution in [-0.2, 0) is 10.5 Å². The lowest BCUT2D eigenvalue weighted by molar-refractivity contribution is -0.118. The monoisotopic (exact) mass is 364 g/mol. The van der Waals surface area contributed by atoms with Crippen molar-refractivity contribution < 1.29 is 9.53 Å². The number of anilines is 1. The zero-order chi connectivity index (χ0) is 18.2. The molecule has 4 nitrogen and oxygen atoms in total. The van der Waals surface area contributed by atoms with Gasteiger partial charge in [-0.15, -0.1) is 11.8 Å². The van der Waals surface area contributed by atoms with Gasteiger partial charge in [0.2, 0.25) is 0 Å². The van der Waals surface area contributed by atoms with Crippen LogP contribution < -0.4 is 10.1 Å². The second-order valence-corrected chi connectivity index (χ2v) is 6.88. The Morgan fingerprint density at radius 1 is 1.12 bits per heavy atom. The minimum Gasteiger partial charge on any atom is -0.484 e. The SMILES string of the molecule is Cc1cccc(OCC(=O)Nc2ccc(SCc3cccnc3)cc2)c1. The van der Waals surface area contributed by atoms with E-state index in [0.717, 1.165) is 21.9 Å². The fraction of sp³-hybridized carbons (Fsp3) is 0.143. The minimum atomic E-state index is -0.178. The van der Waals surface area contributed by atoms with Crippen LogP contribution in [0, 0.1) is 6.92 Å². The maximum Gasteiger partial charge on any atom is 0.262 e. The van der Waals surface area contributed by atoms with E-state index in [1.54, 1.807) is 18.0 Å². The maximum atomic E-state index is 12.0. The van der Waals surface area contributed by atoms with E-state index >= 15 is 0 Å². The summed E-state index contributed by atoms with van der Waals surface area (Å²) < 4.78 is 5.51. The van der Waals surface area contributed by atoms with Crippen molar-refractivity contribution in [3.8, 4) is 5.75 Å². The molecule has 0 fully saturated rings. The fourth-order valence-electron chi connectivity index (χ4n) is 2.34. The van der Waals surface area contributed by atoms with Crippen molar-refractivity contribution in [3.63, 3.8) is 0 Å². The van der Waals surface area contributed by atoms with Crippen LogP contribution in [0.2, 0.25) is 0 Å². The number of carbonyl (C=O) groups excluding carboxylic acids is 1. The van der Waals surface area contributed by atoms with Gasteiger partial charge in [0.05, 0.1) is 0 Å². The number of hydrogen-bond acceptors (Lipinski definition) is 4. The molecule has 3 rings (SSSR count). The summed E-state index contributed by atoms with van der Waals surface area (Å²) in [6.45, 7) is 1.97. The summed E-state index contributed by atoms with van der Waals surface area (Å²) in [5.74, 6) is 1.38. The number of benzene rings is 2. The second kappa shape index (κ2) is 9.06. The molecular formula is C21H20N2O2S. The number of aromatic nitrogens is 1. The molecule has 0 saturated heterocycles. The molecule has 0 spiro atoms. The summed E-state index contributed by atoms with van der Waals surface area (Å²) in [5.41, 5.74) is 3.04. The Morgan fingerprint density at radius 2 is 1.96 bits per heavy atom. The number of ether oxygens (including phenoxy) is 1. The molecule has 0 radical (unpaired) electrons. The third-order valence-electron chi connectivity index (χ3n) is 3.63. The van der Waals surface area contributed by atoms with Gasteiger partial charge in [0.1, 0.15) is 5.75 Å². The molecule has 2 aromatic carbocycles. The quantitative estimate of drug-likeness (QED) is 0.618. The highest BCUT2D eigenvalue weighted by Crippen LogP contribution is 2.24. The average molecular weight is 364 g/mol. The summed E-state index contributed by atoms with van der Waals surface area (Å²) in [7, 11) is 0. The summed E-state index contributed by atoms with van der Waals surface area (Å²) in [4.78, 5) is 17.3. The van der Waals surface area contributed by atoms with Gasteiger partial charge in [-0.3, -0.25) is 9.78 Å². The molecule has 1 heterocycles. The highest BCUT2D eigenvalue weighted by molar-refractivity contribution is 7.98. The zero-order valence-electron chi connectivity index (χ0n) is 14.5. The Morgan fingerprint density at radius 3 is 2.69 bits per heavy atom. The van der Waals surface area contributed by atoms with Crippen molar-refractivity contribution in [1.82, 2.24) is 4.98 Å². The van der Waals surface area contributed by atoms with Crippen LogP contribution in [-0.4, -0.2) is 17.5 Å². The van der Waals surface area contributed by atoms with Crippen molar-refractivity contribution in [3.05, 3.63) is 84.2 Å². The Balaban J connectivity index is 1.46. The van der Waals surface area contributed by atoms with Crippen LogP contribution in [0.15, 0.2) is 78.0 Å². The fourth-order valence-corrected chi connectivity index (χ4v) is 3.17. The lowest BCUT2D eigenvalue weighted by atomic mass is 10.2. The number of amides is 1. The number of nitrogens with one attached hydrogen (secondary N) is 1. The van der Waals surface area contributed by atoms with Gasteiger partial charge < -0.3 is 10.1 Å². The molecule has 5 heteroatoms. The van der Waals surface area contributed by atoms with Gasteiger partial charge in [-0.2, -0.15) is 0 Å². The van der Waals surface area contributed by atoms with E-state index < -0.39 is 0 Å². The van der Waals surface area contributed by atoms with Gasteiger partial charge in [0.15, 0.2) is 6.61 Å². The molecule has 0 aliphatic heterocycles. The average Bonchev–Trinajstić information content (AvgIpc) is 2.67. The third kappa shape index (κ3) is 5.63. The number of carbonyl (C=O) groups is 1. The first kappa shape index (κ1) is 18.0. The number of rotatable bonds is 7. The van der Waals surface area contributed by atoms with Crippen LogP contribution in [0.5, 0.6) is 5.75 Å². The van der Waals surface area contributed by atoms with Crippen LogP contribution >= 0.6 is 11.8 Å². The van der Waals surface area contributed by atoms with Gasteiger partial charge in [-0.1, -0.05) is 18.2 Å². The van der Waals surface area contributed by atoms with Crippen molar-refractivity contribution in [2.75, 3.05) is 11.9 Å². The lowest BCUT2D eigenvalue weighted by Crippen LogP contribution is -2.20. The number of aryl methyl sites for hydroxylation is 1. The molecule has 3 aromatic rings. The molecule has 0 saturated carbocycles. The first-order valence-electron chi connectivity index (χ1n) is 8.30. The molecule has 1 aromatic heterocycles. The molecule has 0 unspecified atom stereocenters. The van der Waals surface area contributed by atoms with Crippen molar-refractivity contribution in [1.29, 1.82) is 0 Å². The zero-order valence-corrected chi connectivity index (χ0v) is 15.3. The molecular weight excluding hydrogens is 344 g/mol. The molecule has 0 aliphatic carbocycles. The van der Waals surface area contributed by atoms with Crippen molar-refractivity contribution in [2.24, 2.45) is 0 Å². The smallest absolute Gasteiger partial charge is 0.262 e. The summed E-state index contributed by atoms with van der Waals surface area (Å²) in [6.07, 6.45) is 3.64. The number of thioether (sulfide) groups is 1. The third-order valence-corrected chi connectivity index (χ3v) is 4.71. The predicted octanol–water partition coefficient (Wildman–Crippen LogP) is 4.70. The van der Waals surface area contributed by atoms with Gasteiger partial charge in [0, 0.05) is 28.7 Å². The molecule has 132 valence electrons. The number of pyridine rings is 1. The van der Waals surface area contributed by atoms with Crippen LogP contribution in [0.1, 0.15) is 11.1 Å². The Kier molecular flexibility index (Phi) is 6.28. The van der Waals surface area contributed by atoms with Crippen LogP contribution in [0.3, 0.4) is 0 Å². The first-order valence-corrected chi connectivity index (χ1v) is 9.29. The van der Waals surface area contributed by atoms with E-state index in [2.05, 4.69) is 16.4 Å². The number of hydrogen-bond donors (Lipinski definition) is 1. The molecule has 1 amide bonds. The van der Waals surface area contributed by atoms with Gasteiger partial charge in [-0.25, -0.2) is 0 Å². The molecule has 0 bridgehead atoms. The van der Waals surface area contributed by atoms with E-state index in [1.807, 2.05) is 67.7 Å². The van der Waals surface area contributed by atoms with E-state index in [1.165, 1.54) is 5.56 Å². The lowest BCUT2D eigenvalue weighted by Gasteiger charge is -2.09. The maximum absolute atomic E-state index is 12.0. The minimum absolute atomic E-state index is 0.0129. The van der Waals surface area contributed by atoms with Crippen LogP contribution in [0.4, 0.5) is 5.69 Å². The van der Waals surface area contributed by atoms with E-state index in [-0.39, 0.29) is 12.5 Å². The standard InChI is InChI=1S/C21H20N2O2S/c1-16-4-2-6-19(12-16)25-14-21(24)23-18-7-9-20(10-8-18)26-15-17-5-3-11-22-13-17/h2-13H,14-15H2,1H3,(H,23,24). The summed E-state index contributed by atoms with van der Waals surface area (Å²) >= 11 is 1.73. The molecule has 1 N–H and O–H groups in total. The Bertz CT molecular complexity index is 851. The Hall–Kier alpha value is -2.79.